The number of hydrogen-bond donors (Lipinski definition) is 1. The van der Waals surface area contributed by atoms with Crippen LogP contribution in [0.4, 0.5) is 0 Å². The zero-order chi connectivity index (χ0) is 14.1. The third-order valence-corrected chi connectivity index (χ3v) is 5.64. The molecular weight excluding hydrogens is 425 g/mol. The molecule has 0 aromatic heterocycles. The van der Waals surface area contributed by atoms with Gasteiger partial charge in [0.15, 0.2) is 0 Å². The van der Waals surface area contributed by atoms with Gasteiger partial charge in [-0.15, -0.1) is 0 Å². The fourth-order valence-corrected chi connectivity index (χ4v) is 3.86. The van der Waals surface area contributed by atoms with Crippen molar-refractivity contribution >= 4 is 38.5 Å². The van der Waals surface area contributed by atoms with Crippen molar-refractivity contribution < 1.29 is 0 Å². The van der Waals surface area contributed by atoms with Crippen LogP contribution >= 0.6 is 38.5 Å². The molecule has 1 atom stereocenters. The van der Waals surface area contributed by atoms with Gasteiger partial charge in [-0.05, 0) is 76.2 Å². The van der Waals surface area contributed by atoms with Crippen LogP contribution in [0, 0.1) is 3.57 Å². The van der Waals surface area contributed by atoms with Crippen LogP contribution in [0.5, 0.6) is 0 Å². The maximum atomic E-state index is 6.58. The van der Waals surface area contributed by atoms with Gasteiger partial charge in [0.05, 0.1) is 6.04 Å². The summed E-state index contributed by atoms with van der Waals surface area (Å²) in [5.41, 5.74) is 10.5. The Morgan fingerprint density at radius 3 is 2.55 bits per heavy atom. The molecule has 1 aliphatic carbocycles. The Morgan fingerprint density at radius 2 is 1.85 bits per heavy atom. The molecule has 0 radical (unpaired) electrons. The van der Waals surface area contributed by atoms with Crippen LogP contribution in [0.3, 0.4) is 0 Å². The predicted molar refractivity (Wildman–Crippen MR) is 95.9 cm³/mol. The van der Waals surface area contributed by atoms with E-state index in [0.29, 0.717) is 5.92 Å². The first-order chi connectivity index (χ1) is 9.66. The first kappa shape index (κ1) is 14.5. The molecule has 0 aliphatic heterocycles. The fraction of sp³-hybridized carbons (Fsp3) is 0.294. The summed E-state index contributed by atoms with van der Waals surface area (Å²) in [5, 5.41) is 0. The van der Waals surface area contributed by atoms with E-state index in [2.05, 4.69) is 81.0 Å². The predicted octanol–water partition coefficient (Wildman–Crippen LogP) is 5.37. The summed E-state index contributed by atoms with van der Waals surface area (Å²) in [6.07, 6.45) is 3.96. The molecule has 1 fully saturated rings. The Hall–Kier alpha value is -0.390. The van der Waals surface area contributed by atoms with Crippen LogP contribution in [0.1, 0.15) is 47.9 Å². The topological polar surface area (TPSA) is 26.0 Å². The van der Waals surface area contributed by atoms with Gasteiger partial charge in [-0.3, -0.25) is 0 Å². The molecule has 3 rings (SSSR count). The van der Waals surface area contributed by atoms with Crippen molar-refractivity contribution in [2.24, 2.45) is 5.73 Å². The van der Waals surface area contributed by atoms with Crippen LogP contribution in [0.2, 0.25) is 0 Å². The van der Waals surface area contributed by atoms with Crippen LogP contribution in [0.15, 0.2) is 46.9 Å². The molecule has 0 heterocycles. The van der Waals surface area contributed by atoms with E-state index in [1.165, 1.54) is 39.5 Å². The molecule has 2 aromatic rings. The number of benzene rings is 2. The first-order valence-corrected chi connectivity index (χ1v) is 8.83. The third-order valence-electron chi connectivity index (χ3n) is 4.17. The quantitative estimate of drug-likeness (QED) is 0.636. The lowest BCUT2D eigenvalue weighted by Crippen LogP contribution is -2.19. The van der Waals surface area contributed by atoms with Gasteiger partial charge in [0.2, 0.25) is 0 Å². The summed E-state index contributed by atoms with van der Waals surface area (Å²) in [6, 6.07) is 15.0. The van der Waals surface area contributed by atoms with E-state index in [-0.39, 0.29) is 6.04 Å². The van der Waals surface area contributed by atoms with E-state index in [4.69, 9.17) is 5.73 Å². The van der Waals surface area contributed by atoms with E-state index in [9.17, 15) is 0 Å². The molecule has 3 heteroatoms. The average Bonchev–Trinajstić information content (AvgIpc) is 2.39. The largest absolute Gasteiger partial charge is 0.320 e. The SMILES string of the molecule is NC(c1cc(Br)ccc1I)c1ccccc1C1CCC1. The van der Waals surface area contributed by atoms with Gasteiger partial charge >= 0.3 is 0 Å². The second kappa shape index (κ2) is 6.16. The molecule has 1 aliphatic rings. The van der Waals surface area contributed by atoms with E-state index >= 15 is 0 Å². The molecular formula is C17H17BrIN. The van der Waals surface area contributed by atoms with Crippen LogP contribution < -0.4 is 5.73 Å². The molecule has 1 nitrogen and oxygen atoms in total. The standard InChI is InChI=1S/C17H17BrIN/c18-12-8-9-16(19)15(10-12)17(20)14-7-2-1-6-13(14)11-4-3-5-11/h1-2,6-11,17H,3-5,20H2. The molecule has 104 valence electrons. The average molecular weight is 442 g/mol. The number of halogens is 2. The van der Waals surface area contributed by atoms with Crippen molar-refractivity contribution in [3.8, 4) is 0 Å². The molecule has 0 amide bonds. The molecule has 1 saturated carbocycles. The summed E-state index contributed by atoms with van der Waals surface area (Å²) in [5.74, 6) is 0.710. The minimum absolute atomic E-state index is 0.0452. The minimum atomic E-state index is -0.0452. The van der Waals surface area contributed by atoms with E-state index in [1.807, 2.05) is 0 Å². The normalized spacial score (nSPS) is 16.8. The van der Waals surface area contributed by atoms with Gasteiger partial charge in [-0.1, -0.05) is 46.6 Å². The third kappa shape index (κ3) is 2.81. The lowest BCUT2D eigenvalue weighted by molar-refractivity contribution is 0.416. The Morgan fingerprint density at radius 1 is 1.10 bits per heavy atom. The Labute approximate surface area is 142 Å². The van der Waals surface area contributed by atoms with Crippen molar-refractivity contribution in [3.63, 3.8) is 0 Å². The van der Waals surface area contributed by atoms with Crippen LogP contribution in [-0.2, 0) is 0 Å². The highest BCUT2D eigenvalue weighted by atomic mass is 127. The molecule has 0 bridgehead atoms. The monoisotopic (exact) mass is 441 g/mol. The van der Waals surface area contributed by atoms with Gasteiger partial charge in [0, 0.05) is 8.04 Å². The van der Waals surface area contributed by atoms with Gasteiger partial charge in [-0.25, -0.2) is 0 Å². The Balaban J connectivity index is 2.01. The first-order valence-electron chi connectivity index (χ1n) is 6.96. The van der Waals surface area contributed by atoms with Gasteiger partial charge in [0.25, 0.3) is 0 Å². The number of nitrogens with two attached hydrogens (primary N) is 1. The zero-order valence-electron chi connectivity index (χ0n) is 11.2. The molecule has 1 unspecified atom stereocenters. The van der Waals surface area contributed by atoms with E-state index in [1.54, 1.807) is 0 Å². The summed E-state index contributed by atoms with van der Waals surface area (Å²) < 4.78 is 2.31. The lowest BCUT2D eigenvalue weighted by atomic mass is 9.76. The Kier molecular flexibility index (Phi) is 4.48. The van der Waals surface area contributed by atoms with Gasteiger partial charge in [0.1, 0.15) is 0 Å². The highest BCUT2D eigenvalue weighted by Gasteiger charge is 2.24. The van der Waals surface area contributed by atoms with Gasteiger partial charge < -0.3 is 5.73 Å². The van der Waals surface area contributed by atoms with E-state index < -0.39 is 0 Å². The number of hydrogen-bond acceptors (Lipinski definition) is 1. The second-order valence-electron chi connectivity index (χ2n) is 5.40. The summed E-state index contributed by atoms with van der Waals surface area (Å²) in [4.78, 5) is 0. The Bertz CT molecular complexity index is 622. The summed E-state index contributed by atoms with van der Waals surface area (Å²) in [7, 11) is 0. The summed E-state index contributed by atoms with van der Waals surface area (Å²) in [6.45, 7) is 0. The van der Waals surface area contributed by atoms with Crippen LogP contribution in [0.25, 0.3) is 0 Å². The lowest BCUT2D eigenvalue weighted by Gasteiger charge is -2.30. The smallest absolute Gasteiger partial charge is 0.0565 e. The highest BCUT2D eigenvalue weighted by Crippen LogP contribution is 2.40. The van der Waals surface area contributed by atoms with Gasteiger partial charge in [-0.2, -0.15) is 0 Å². The molecule has 2 N–H and O–H groups in total. The maximum Gasteiger partial charge on any atom is 0.0565 e. The zero-order valence-corrected chi connectivity index (χ0v) is 14.9. The van der Waals surface area contributed by atoms with Crippen molar-refractivity contribution in [1.82, 2.24) is 0 Å². The van der Waals surface area contributed by atoms with Crippen molar-refractivity contribution in [2.45, 2.75) is 31.2 Å². The van der Waals surface area contributed by atoms with Crippen LogP contribution in [-0.4, -0.2) is 0 Å². The summed E-state index contributed by atoms with van der Waals surface area (Å²) >= 11 is 5.92. The minimum Gasteiger partial charge on any atom is -0.320 e. The van der Waals surface area contributed by atoms with Crippen molar-refractivity contribution in [3.05, 3.63) is 67.2 Å². The maximum absolute atomic E-state index is 6.58. The van der Waals surface area contributed by atoms with Crippen molar-refractivity contribution in [1.29, 1.82) is 0 Å². The highest BCUT2D eigenvalue weighted by molar-refractivity contribution is 14.1. The molecule has 2 aromatic carbocycles. The fourth-order valence-electron chi connectivity index (χ4n) is 2.81. The van der Waals surface area contributed by atoms with Crippen molar-refractivity contribution in [2.75, 3.05) is 0 Å². The molecule has 0 spiro atoms. The number of rotatable bonds is 3. The molecule has 0 saturated heterocycles. The molecule has 20 heavy (non-hydrogen) atoms. The second-order valence-corrected chi connectivity index (χ2v) is 7.48. The van der Waals surface area contributed by atoms with E-state index in [0.717, 1.165) is 4.47 Å².